The van der Waals surface area contributed by atoms with Crippen LogP contribution in [0.3, 0.4) is 0 Å². The minimum Gasteiger partial charge on any atom is -0.378 e. The third kappa shape index (κ3) is 3.37. The van der Waals surface area contributed by atoms with Gasteiger partial charge in [-0.3, -0.25) is 0 Å². The Morgan fingerprint density at radius 1 is 1.00 bits per heavy atom. The maximum absolute atomic E-state index is 13.2. The molecule has 1 N–H and O–H groups in total. The molecule has 0 amide bonds. The zero-order valence-corrected chi connectivity index (χ0v) is 11.3. The summed E-state index contributed by atoms with van der Waals surface area (Å²) in [6.07, 6.45) is 0. The smallest absolute Gasteiger partial charge is 0.126 e. The lowest BCUT2D eigenvalue weighted by atomic mass is 10.1. The number of rotatable bonds is 3. The van der Waals surface area contributed by atoms with Crippen molar-refractivity contribution in [2.45, 2.75) is 13.0 Å². The zero-order chi connectivity index (χ0) is 13.1. The van der Waals surface area contributed by atoms with E-state index in [1.54, 1.807) is 6.07 Å². The van der Waals surface area contributed by atoms with Gasteiger partial charge in [0.2, 0.25) is 0 Å². The fourth-order valence-electron chi connectivity index (χ4n) is 1.72. The van der Waals surface area contributed by atoms with E-state index in [-0.39, 0.29) is 11.9 Å². The first-order valence-electron chi connectivity index (χ1n) is 5.53. The quantitative estimate of drug-likeness (QED) is 0.805. The molecule has 1 unspecified atom stereocenters. The summed E-state index contributed by atoms with van der Waals surface area (Å²) < 4.78 is 13.2. The second-order valence-electron chi connectivity index (χ2n) is 4.08. The first-order valence-corrected chi connectivity index (χ1v) is 6.28. The van der Waals surface area contributed by atoms with E-state index in [0.29, 0.717) is 15.7 Å². The fraction of sp³-hybridized carbons (Fsp3) is 0.143. The largest absolute Gasteiger partial charge is 0.378 e. The van der Waals surface area contributed by atoms with Gasteiger partial charge in [-0.2, -0.15) is 0 Å². The van der Waals surface area contributed by atoms with Gasteiger partial charge in [0.25, 0.3) is 0 Å². The molecule has 0 radical (unpaired) electrons. The van der Waals surface area contributed by atoms with Crippen LogP contribution in [0.4, 0.5) is 10.1 Å². The lowest BCUT2D eigenvalue weighted by Crippen LogP contribution is -2.06. The Kier molecular flexibility index (Phi) is 4.10. The molecular weight excluding hydrogens is 272 g/mol. The molecular formula is C14H12Cl2FN. The van der Waals surface area contributed by atoms with Crippen LogP contribution in [-0.4, -0.2) is 0 Å². The number of nitrogens with one attached hydrogen (secondary N) is 1. The topological polar surface area (TPSA) is 12.0 Å². The second-order valence-corrected chi connectivity index (χ2v) is 4.95. The molecule has 0 aromatic heterocycles. The first kappa shape index (κ1) is 13.2. The van der Waals surface area contributed by atoms with Gasteiger partial charge in [0.15, 0.2) is 0 Å². The lowest BCUT2D eigenvalue weighted by Gasteiger charge is -2.16. The van der Waals surface area contributed by atoms with Gasteiger partial charge in [-0.25, -0.2) is 4.39 Å². The summed E-state index contributed by atoms with van der Waals surface area (Å²) in [5.74, 6) is -0.353. The molecule has 0 heterocycles. The third-order valence-electron chi connectivity index (χ3n) is 2.62. The van der Waals surface area contributed by atoms with E-state index in [9.17, 15) is 4.39 Å². The van der Waals surface area contributed by atoms with Crippen LogP contribution in [0.5, 0.6) is 0 Å². The average molecular weight is 284 g/mol. The van der Waals surface area contributed by atoms with E-state index >= 15 is 0 Å². The van der Waals surface area contributed by atoms with Crippen LogP contribution in [0.25, 0.3) is 0 Å². The van der Waals surface area contributed by atoms with Crippen molar-refractivity contribution >= 4 is 28.9 Å². The Labute approximate surface area is 116 Å². The van der Waals surface area contributed by atoms with Crippen LogP contribution in [0, 0.1) is 5.82 Å². The summed E-state index contributed by atoms with van der Waals surface area (Å²) in [4.78, 5) is 0. The first-order chi connectivity index (χ1) is 8.54. The van der Waals surface area contributed by atoms with Gasteiger partial charge in [-0.05, 0) is 42.8 Å². The number of halogens is 3. The van der Waals surface area contributed by atoms with Crippen molar-refractivity contribution in [2.24, 2.45) is 0 Å². The molecule has 0 bridgehead atoms. The third-order valence-corrected chi connectivity index (χ3v) is 3.09. The predicted octanol–water partition coefficient (Wildman–Crippen LogP) is 5.31. The van der Waals surface area contributed by atoms with Gasteiger partial charge in [0.05, 0.1) is 0 Å². The van der Waals surface area contributed by atoms with Crippen molar-refractivity contribution in [1.29, 1.82) is 0 Å². The van der Waals surface area contributed by atoms with Gasteiger partial charge >= 0.3 is 0 Å². The summed E-state index contributed by atoms with van der Waals surface area (Å²) in [6, 6.07) is 11.9. The van der Waals surface area contributed by atoms with E-state index in [1.807, 2.05) is 31.2 Å². The molecule has 4 heteroatoms. The van der Waals surface area contributed by atoms with Crippen LogP contribution in [0.1, 0.15) is 18.5 Å². The molecule has 2 aromatic carbocycles. The highest BCUT2D eigenvalue weighted by Gasteiger charge is 2.06. The van der Waals surface area contributed by atoms with Gasteiger partial charge in [0, 0.05) is 21.8 Å². The highest BCUT2D eigenvalue weighted by molar-refractivity contribution is 6.31. The van der Waals surface area contributed by atoms with Gasteiger partial charge in [0.1, 0.15) is 5.82 Å². The molecule has 0 saturated carbocycles. The molecule has 0 aliphatic rings. The Bertz CT molecular complexity index is 520. The predicted molar refractivity (Wildman–Crippen MR) is 74.9 cm³/mol. The number of hydrogen-bond donors (Lipinski definition) is 1. The van der Waals surface area contributed by atoms with Gasteiger partial charge in [-0.15, -0.1) is 0 Å². The molecule has 0 saturated heterocycles. The maximum Gasteiger partial charge on any atom is 0.126 e. The molecule has 0 aliphatic carbocycles. The van der Waals surface area contributed by atoms with Crippen molar-refractivity contribution in [3.8, 4) is 0 Å². The lowest BCUT2D eigenvalue weighted by molar-refractivity contribution is 0.628. The summed E-state index contributed by atoms with van der Waals surface area (Å²) in [6.45, 7) is 1.99. The summed E-state index contributed by atoms with van der Waals surface area (Å²) >= 11 is 11.6. The molecule has 1 atom stereocenters. The van der Waals surface area contributed by atoms with E-state index in [0.717, 1.165) is 5.56 Å². The van der Waals surface area contributed by atoms with Crippen LogP contribution in [-0.2, 0) is 0 Å². The van der Waals surface area contributed by atoms with Crippen molar-refractivity contribution < 1.29 is 4.39 Å². The van der Waals surface area contributed by atoms with E-state index < -0.39 is 0 Å². The molecule has 0 aliphatic heterocycles. The highest BCUT2D eigenvalue weighted by Crippen LogP contribution is 2.24. The molecule has 0 spiro atoms. The maximum atomic E-state index is 13.2. The summed E-state index contributed by atoms with van der Waals surface area (Å²) in [7, 11) is 0. The van der Waals surface area contributed by atoms with Crippen molar-refractivity contribution in [3.05, 3.63) is 63.9 Å². The van der Waals surface area contributed by atoms with E-state index in [1.165, 1.54) is 12.1 Å². The fourth-order valence-corrected chi connectivity index (χ4v) is 2.07. The monoisotopic (exact) mass is 283 g/mol. The van der Waals surface area contributed by atoms with Crippen LogP contribution >= 0.6 is 23.2 Å². The molecule has 2 aromatic rings. The van der Waals surface area contributed by atoms with Crippen LogP contribution in [0.2, 0.25) is 10.0 Å². The number of benzene rings is 2. The minimum absolute atomic E-state index is 0.0418. The highest BCUT2D eigenvalue weighted by atomic mass is 35.5. The summed E-state index contributed by atoms with van der Waals surface area (Å²) in [5.41, 5.74) is 1.72. The standard InChI is InChI=1S/C14H12Cl2FN/c1-9(10-2-4-11(15)5-3-10)18-14-7-12(16)6-13(17)8-14/h2-9,18H,1H3. The second kappa shape index (κ2) is 5.59. The Balaban J connectivity index is 2.15. The Morgan fingerprint density at radius 3 is 2.28 bits per heavy atom. The van der Waals surface area contributed by atoms with E-state index in [2.05, 4.69) is 5.32 Å². The number of anilines is 1. The molecule has 0 fully saturated rings. The SMILES string of the molecule is CC(Nc1cc(F)cc(Cl)c1)c1ccc(Cl)cc1. The molecule has 1 nitrogen and oxygen atoms in total. The van der Waals surface area contributed by atoms with Crippen LogP contribution < -0.4 is 5.32 Å². The van der Waals surface area contributed by atoms with Crippen LogP contribution in [0.15, 0.2) is 42.5 Å². The van der Waals surface area contributed by atoms with E-state index in [4.69, 9.17) is 23.2 Å². The number of hydrogen-bond acceptors (Lipinski definition) is 1. The van der Waals surface area contributed by atoms with Crippen molar-refractivity contribution in [2.75, 3.05) is 5.32 Å². The van der Waals surface area contributed by atoms with Crippen molar-refractivity contribution in [1.82, 2.24) is 0 Å². The Hall–Kier alpha value is -1.25. The minimum atomic E-state index is -0.353. The Morgan fingerprint density at radius 2 is 1.67 bits per heavy atom. The normalized spacial score (nSPS) is 12.2. The summed E-state index contributed by atoms with van der Waals surface area (Å²) in [5, 5.41) is 4.26. The molecule has 94 valence electrons. The zero-order valence-electron chi connectivity index (χ0n) is 9.75. The van der Waals surface area contributed by atoms with Gasteiger partial charge < -0.3 is 5.32 Å². The molecule has 18 heavy (non-hydrogen) atoms. The van der Waals surface area contributed by atoms with Crippen molar-refractivity contribution in [3.63, 3.8) is 0 Å². The molecule has 2 rings (SSSR count). The average Bonchev–Trinajstić information content (AvgIpc) is 2.28. The van der Waals surface area contributed by atoms with Gasteiger partial charge in [-0.1, -0.05) is 35.3 Å².